The average molecular weight is 284 g/mol. The molecular weight excluding hydrogens is 264 g/mol. The first-order valence-corrected chi connectivity index (χ1v) is 6.94. The highest BCUT2D eigenvalue weighted by Gasteiger charge is 2.11. The molecule has 1 heterocycles. The Morgan fingerprint density at radius 2 is 2.00 bits per heavy atom. The predicted octanol–water partition coefficient (Wildman–Crippen LogP) is 1.91. The molecule has 5 heteroatoms. The van der Waals surface area contributed by atoms with Gasteiger partial charge in [0.2, 0.25) is 0 Å². The van der Waals surface area contributed by atoms with Crippen molar-refractivity contribution in [2.24, 2.45) is 5.92 Å². The molecule has 2 rings (SSSR count). The van der Waals surface area contributed by atoms with Crippen molar-refractivity contribution in [2.75, 3.05) is 20.6 Å². The topological polar surface area (TPSA) is 64.8 Å². The van der Waals surface area contributed by atoms with Crippen LogP contribution < -0.4 is 5.56 Å². The Morgan fingerprint density at radius 1 is 1.33 bits per heavy atom. The van der Waals surface area contributed by atoms with Gasteiger partial charge in [-0.05, 0) is 37.7 Å². The SMILES string of the molecule is CC(CN(C)C)Cn1[nH]cc(-c2ccc(C#N)cc2)c1=O. The number of hydrogen-bond donors (Lipinski definition) is 1. The van der Waals surface area contributed by atoms with Crippen LogP contribution in [0.3, 0.4) is 0 Å². The van der Waals surface area contributed by atoms with E-state index in [2.05, 4.69) is 23.0 Å². The molecule has 0 radical (unpaired) electrons. The van der Waals surface area contributed by atoms with Crippen LogP contribution in [0.1, 0.15) is 12.5 Å². The molecule has 1 unspecified atom stereocenters. The van der Waals surface area contributed by atoms with E-state index in [1.54, 1.807) is 35.1 Å². The zero-order valence-corrected chi connectivity index (χ0v) is 12.6. The predicted molar refractivity (Wildman–Crippen MR) is 82.9 cm³/mol. The molecule has 5 nitrogen and oxygen atoms in total. The first kappa shape index (κ1) is 15.1. The molecular formula is C16H20N4O. The molecule has 0 bridgehead atoms. The summed E-state index contributed by atoms with van der Waals surface area (Å²) in [4.78, 5) is 14.5. The highest BCUT2D eigenvalue weighted by molar-refractivity contribution is 5.62. The molecule has 1 aromatic heterocycles. The van der Waals surface area contributed by atoms with Crippen LogP contribution >= 0.6 is 0 Å². The maximum absolute atomic E-state index is 12.4. The smallest absolute Gasteiger partial charge is 0.274 e. The van der Waals surface area contributed by atoms with E-state index in [4.69, 9.17) is 5.26 Å². The second-order valence-electron chi connectivity index (χ2n) is 5.66. The molecule has 0 saturated carbocycles. The fourth-order valence-corrected chi connectivity index (χ4v) is 2.47. The van der Waals surface area contributed by atoms with Crippen molar-refractivity contribution in [1.82, 2.24) is 14.7 Å². The van der Waals surface area contributed by atoms with E-state index in [1.807, 2.05) is 14.1 Å². The van der Waals surface area contributed by atoms with Crippen molar-refractivity contribution in [3.63, 3.8) is 0 Å². The van der Waals surface area contributed by atoms with E-state index in [0.717, 1.165) is 12.1 Å². The summed E-state index contributed by atoms with van der Waals surface area (Å²) in [5.74, 6) is 0.380. The first-order chi connectivity index (χ1) is 10.0. The van der Waals surface area contributed by atoms with E-state index in [1.165, 1.54) is 0 Å². The van der Waals surface area contributed by atoms with Crippen molar-refractivity contribution < 1.29 is 0 Å². The van der Waals surface area contributed by atoms with Crippen LogP contribution in [0.4, 0.5) is 0 Å². The second-order valence-corrected chi connectivity index (χ2v) is 5.66. The van der Waals surface area contributed by atoms with Crippen molar-refractivity contribution in [3.05, 3.63) is 46.4 Å². The van der Waals surface area contributed by atoms with E-state index < -0.39 is 0 Å². The first-order valence-electron chi connectivity index (χ1n) is 6.94. The molecule has 110 valence electrons. The van der Waals surface area contributed by atoms with Gasteiger partial charge in [0.05, 0.1) is 17.2 Å². The lowest BCUT2D eigenvalue weighted by atomic mass is 10.1. The standard InChI is InChI=1S/C16H20N4O/c1-12(10-19(2)3)11-20-16(21)15(9-18-20)14-6-4-13(8-17)5-7-14/h4-7,9,12,18H,10-11H2,1-3H3. The number of rotatable bonds is 5. The van der Waals surface area contributed by atoms with Crippen molar-refractivity contribution in [3.8, 4) is 17.2 Å². The van der Waals surface area contributed by atoms with Gasteiger partial charge in [0, 0.05) is 19.3 Å². The fourth-order valence-electron chi connectivity index (χ4n) is 2.47. The Bertz CT molecular complexity index is 688. The van der Waals surface area contributed by atoms with Gasteiger partial charge in [0.15, 0.2) is 0 Å². The Balaban J connectivity index is 2.20. The molecule has 2 aromatic rings. The molecule has 21 heavy (non-hydrogen) atoms. The molecule has 0 spiro atoms. The van der Waals surface area contributed by atoms with Gasteiger partial charge in [-0.2, -0.15) is 5.26 Å². The van der Waals surface area contributed by atoms with Crippen LogP contribution in [-0.4, -0.2) is 35.3 Å². The molecule has 0 aliphatic heterocycles. The van der Waals surface area contributed by atoms with E-state index in [9.17, 15) is 4.79 Å². The molecule has 0 saturated heterocycles. The number of H-pyrrole nitrogens is 1. The van der Waals surface area contributed by atoms with Crippen LogP contribution in [0.25, 0.3) is 11.1 Å². The van der Waals surface area contributed by atoms with E-state index >= 15 is 0 Å². The van der Waals surface area contributed by atoms with Gasteiger partial charge >= 0.3 is 0 Å². The Hall–Kier alpha value is -2.32. The normalized spacial score (nSPS) is 12.3. The van der Waals surface area contributed by atoms with Crippen LogP contribution in [0, 0.1) is 17.2 Å². The Labute approximate surface area is 124 Å². The number of nitrogens with one attached hydrogen (secondary N) is 1. The van der Waals surface area contributed by atoms with Gasteiger partial charge in [-0.1, -0.05) is 19.1 Å². The fraction of sp³-hybridized carbons (Fsp3) is 0.375. The quantitative estimate of drug-likeness (QED) is 0.912. The van der Waals surface area contributed by atoms with Crippen LogP contribution in [0.15, 0.2) is 35.3 Å². The molecule has 1 N–H and O–H groups in total. The van der Waals surface area contributed by atoms with Crippen molar-refractivity contribution in [2.45, 2.75) is 13.5 Å². The number of hydrogen-bond acceptors (Lipinski definition) is 3. The third kappa shape index (κ3) is 3.61. The minimum absolute atomic E-state index is 0.0229. The highest BCUT2D eigenvalue weighted by atomic mass is 16.1. The molecule has 0 fully saturated rings. The summed E-state index contributed by atoms with van der Waals surface area (Å²) >= 11 is 0. The summed E-state index contributed by atoms with van der Waals surface area (Å²) in [5.41, 5.74) is 2.03. The Kier molecular flexibility index (Phi) is 4.61. The lowest BCUT2D eigenvalue weighted by Gasteiger charge is -2.16. The van der Waals surface area contributed by atoms with Crippen LogP contribution in [-0.2, 0) is 6.54 Å². The number of aromatic nitrogens is 2. The lowest BCUT2D eigenvalue weighted by Crippen LogP contribution is -2.27. The van der Waals surface area contributed by atoms with Crippen molar-refractivity contribution >= 4 is 0 Å². The van der Waals surface area contributed by atoms with Crippen LogP contribution in [0.2, 0.25) is 0 Å². The minimum Gasteiger partial charge on any atom is -0.309 e. The monoisotopic (exact) mass is 284 g/mol. The third-order valence-corrected chi connectivity index (χ3v) is 3.34. The van der Waals surface area contributed by atoms with Gasteiger partial charge < -0.3 is 10.00 Å². The van der Waals surface area contributed by atoms with Gasteiger partial charge in [-0.15, -0.1) is 0 Å². The minimum atomic E-state index is -0.0229. The summed E-state index contributed by atoms with van der Waals surface area (Å²) in [7, 11) is 4.05. The zero-order valence-electron chi connectivity index (χ0n) is 12.6. The molecule has 1 aromatic carbocycles. The van der Waals surface area contributed by atoms with Crippen molar-refractivity contribution in [1.29, 1.82) is 5.26 Å². The van der Waals surface area contributed by atoms with Gasteiger partial charge in [-0.25, -0.2) is 0 Å². The Morgan fingerprint density at radius 3 is 2.57 bits per heavy atom. The summed E-state index contributed by atoms with van der Waals surface area (Å²) in [6.45, 7) is 3.71. The second kappa shape index (κ2) is 6.42. The number of nitrogens with zero attached hydrogens (tertiary/aromatic N) is 3. The van der Waals surface area contributed by atoms with E-state index in [0.29, 0.717) is 23.6 Å². The van der Waals surface area contributed by atoms with Crippen LogP contribution in [0.5, 0.6) is 0 Å². The number of nitriles is 1. The van der Waals surface area contributed by atoms with Gasteiger partial charge in [0.25, 0.3) is 5.56 Å². The van der Waals surface area contributed by atoms with E-state index in [-0.39, 0.29) is 5.56 Å². The number of aromatic amines is 1. The number of benzene rings is 1. The largest absolute Gasteiger partial charge is 0.309 e. The third-order valence-electron chi connectivity index (χ3n) is 3.34. The molecule has 0 aliphatic carbocycles. The zero-order chi connectivity index (χ0) is 15.4. The summed E-state index contributed by atoms with van der Waals surface area (Å²) in [6.07, 6.45) is 1.73. The summed E-state index contributed by atoms with van der Waals surface area (Å²) in [6, 6.07) is 9.12. The average Bonchev–Trinajstić information content (AvgIpc) is 2.79. The molecule has 0 amide bonds. The maximum atomic E-state index is 12.4. The summed E-state index contributed by atoms with van der Waals surface area (Å²) in [5, 5.41) is 11.8. The van der Waals surface area contributed by atoms with Gasteiger partial charge in [-0.3, -0.25) is 9.48 Å². The highest BCUT2D eigenvalue weighted by Crippen LogP contribution is 2.15. The molecule has 1 atom stereocenters. The maximum Gasteiger partial charge on any atom is 0.274 e. The molecule has 0 aliphatic rings. The summed E-state index contributed by atoms with van der Waals surface area (Å²) < 4.78 is 1.64. The lowest BCUT2D eigenvalue weighted by molar-refractivity contribution is 0.306. The van der Waals surface area contributed by atoms with Gasteiger partial charge in [0.1, 0.15) is 0 Å².